The van der Waals surface area contributed by atoms with Gasteiger partial charge < -0.3 is 19.9 Å². The van der Waals surface area contributed by atoms with Gasteiger partial charge in [0.25, 0.3) is 0 Å². The molecular formula is C19H25BrNO3+. The molecule has 2 rings (SSSR count). The fraction of sp³-hybridized carbons (Fsp3) is 0.368. The molecule has 0 saturated heterocycles. The highest BCUT2D eigenvalue weighted by molar-refractivity contribution is 9.10. The Labute approximate surface area is 151 Å². The zero-order chi connectivity index (χ0) is 17.4. The standard InChI is InChI=1S/C19H24BrNO3/c1-3-16(12-22)21-11-15-9-18(23-2)19(10-17(15)20)24-13-14-7-5-4-6-8-14/h4-10,16,21-22H,3,11-13H2,1-2H3/p+1/t16-/m0/s1. The van der Waals surface area contributed by atoms with Gasteiger partial charge in [-0.05, 0) is 24.1 Å². The maximum atomic E-state index is 9.31. The normalized spacial score (nSPS) is 12.0. The molecule has 2 aromatic carbocycles. The second kappa shape index (κ2) is 9.67. The Morgan fingerprint density at radius 3 is 2.54 bits per heavy atom. The van der Waals surface area contributed by atoms with Crippen LogP contribution < -0.4 is 14.8 Å². The van der Waals surface area contributed by atoms with E-state index in [4.69, 9.17) is 9.47 Å². The minimum atomic E-state index is 0.184. The van der Waals surface area contributed by atoms with Crippen LogP contribution in [0.4, 0.5) is 0 Å². The van der Waals surface area contributed by atoms with E-state index in [-0.39, 0.29) is 12.6 Å². The Balaban J connectivity index is 2.08. The molecule has 0 aliphatic rings. The first kappa shape index (κ1) is 18.8. The fourth-order valence-corrected chi connectivity index (χ4v) is 2.89. The van der Waals surface area contributed by atoms with Gasteiger partial charge in [-0.3, -0.25) is 0 Å². The van der Waals surface area contributed by atoms with Crippen molar-refractivity contribution in [2.75, 3.05) is 13.7 Å². The number of methoxy groups -OCH3 is 1. The first-order valence-electron chi connectivity index (χ1n) is 8.15. The van der Waals surface area contributed by atoms with Crippen molar-refractivity contribution in [1.82, 2.24) is 0 Å². The Hall–Kier alpha value is -1.56. The van der Waals surface area contributed by atoms with Crippen LogP contribution in [0.25, 0.3) is 0 Å². The van der Waals surface area contributed by atoms with Crippen molar-refractivity contribution >= 4 is 15.9 Å². The van der Waals surface area contributed by atoms with Gasteiger partial charge in [-0.1, -0.05) is 53.2 Å². The summed E-state index contributed by atoms with van der Waals surface area (Å²) in [6.07, 6.45) is 0.934. The minimum Gasteiger partial charge on any atom is -0.493 e. The average Bonchev–Trinajstić information content (AvgIpc) is 2.62. The van der Waals surface area contributed by atoms with Gasteiger partial charge in [-0.25, -0.2) is 0 Å². The largest absolute Gasteiger partial charge is 0.493 e. The lowest BCUT2D eigenvalue weighted by molar-refractivity contribution is -0.706. The molecule has 0 heterocycles. The van der Waals surface area contributed by atoms with Crippen LogP contribution in [-0.2, 0) is 13.2 Å². The molecule has 130 valence electrons. The number of ether oxygens (including phenoxy) is 2. The maximum absolute atomic E-state index is 9.31. The van der Waals surface area contributed by atoms with E-state index in [2.05, 4.69) is 28.2 Å². The van der Waals surface area contributed by atoms with Crippen LogP contribution in [0.3, 0.4) is 0 Å². The number of rotatable bonds is 9. The number of hydrogen-bond acceptors (Lipinski definition) is 3. The molecule has 0 amide bonds. The van der Waals surface area contributed by atoms with E-state index < -0.39 is 0 Å². The van der Waals surface area contributed by atoms with Crippen LogP contribution in [0.1, 0.15) is 24.5 Å². The molecule has 0 radical (unpaired) electrons. The first-order chi connectivity index (χ1) is 11.7. The number of aliphatic hydroxyl groups is 1. The summed E-state index contributed by atoms with van der Waals surface area (Å²) in [4.78, 5) is 0. The molecule has 0 spiro atoms. The van der Waals surface area contributed by atoms with Crippen molar-refractivity contribution in [2.24, 2.45) is 0 Å². The van der Waals surface area contributed by atoms with E-state index in [9.17, 15) is 5.11 Å². The Morgan fingerprint density at radius 1 is 1.17 bits per heavy atom. The molecule has 0 aromatic heterocycles. The molecule has 0 aliphatic heterocycles. The van der Waals surface area contributed by atoms with Crippen molar-refractivity contribution in [3.63, 3.8) is 0 Å². The fourth-order valence-electron chi connectivity index (χ4n) is 2.41. The summed E-state index contributed by atoms with van der Waals surface area (Å²) < 4.78 is 12.4. The Kier molecular flexibility index (Phi) is 7.56. The van der Waals surface area contributed by atoms with E-state index in [0.717, 1.165) is 34.3 Å². The first-order valence-corrected chi connectivity index (χ1v) is 8.94. The number of aliphatic hydroxyl groups excluding tert-OH is 1. The third kappa shape index (κ3) is 5.23. The molecule has 24 heavy (non-hydrogen) atoms. The van der Waals surface area contributed by atoms with Gasteiger partial charge in [0.15, 0.2) is 11.5 Å². The lowest BCUT2D eigenvalue weighted by Gasteiger charge is -2.15. The number of nitrogens with two attached hydrogens (primary N) is 1. The van der Waals surface area contributed by atoms with E-state index in [0.29, 0.717) is 12.4 Å². The van der Waals surface area contributed by atoms with Gasteiger partial charge >= 0.3 is 0 Å². The van der Waals surface area contributed by atoms with E-state index in [1.165, 1.54) is 0 Å². The second-order valence-electron chi connectivity index (χ2n) is 5.66. The molecule has 2 aromatic rings. The minimum absolute atomic E-state index is 0.184. The number of hydrogen-bond donors (Lipinski definition) is 2. The topological polar surface area (TPSA) is 55.3 Å². The predicted molar refractivity (Wildman–Crippen MR) is 98.3 cm³/mol. The van der Waals surface area contributed by atoms with Crippen LogP contribution in [0.2, 0.25) is 0 Å². The van der Waals surface area contributed by atoms with E-state index >= 15 is 0 Å². The molecule has 0 fully saturated rings. The molecule has 0 unspecified atom stereocenters. The van der Waals surface area contributed by atoms with Crippen LogP contribution in [0, 0.1) is 0 Å². The lowest BCUT2D eigenvalue weighted by Crippen LogP contribution is -2.89. The number of benzene rings is 2. The molecule has 0 saturated carbocycles. The summed E-state index contributed by atoms with van der Waals surface area (Å²) in [5, 5.41) is 11.5. The highest BCUT2D eigenvalue weighted by Gasteiger charge is 2.14. The van der Waals surface area contributed by atoms with Crippen LogP contribution in [-0.4, -0.2) is 24.9 Å². The van der Waals surface area contributed by atoms with Gasteiger partial charge in [0.05, 0.1) is 13.7 Å². The number of halogens is 1. The zero-order valence-corrected chi connectivity index (χ0v) is 15.8. The third-order valence-corrected chi connectivity index (χ3v) is 4.74. The quantitative estimate of drug-likeness (QED) is 0.687. The second-order valence-corrected chi connectivity index (χ2v) is 6.51. The molecular weight excluding hydrogens is 370 g/mol. The highest BCUT2D eigenvalue weighted by Crippen LogP contribution is 2.33. The lowest BCUT2D eigenvalue weighted by atomic mass is 10.1. The van der Waals surface area contributed by atoms with Crippen LogP contribution in [0.15, 0.2) is 46.9 Å². The van der Waals surface area contributed by atoms with Crippen molar-refractivity contribution in [3.8, 4) is 11.5 Å². The molecule has 0 aliphatic carbocycles. The molecule has 4 nitrogen and oxygen atoms in total. The third-order valence-electron chi connectivity index (χ3n) is 4.00. The molecule has 3 N–H and O–H groups in total. The zero-order valence-electron chi connectivity index (χ0n) is 14.2. The average molecular weight is 395 g/mol. The monoisotopic (exact) mass is 394 g/mol. The maximum Gasteiger partial charge on any atom is 0.162 e. The summed E-state index contributed by atoms with van der Waals surface area (Å²) >= 11 is 3.61. The van der Waals surface area contributed by atoms with Crippen molar-refractivity contribution < 1.29 is 19.9 Å². The highest BCUT2D eigenvalue weighted by atomic mass is 79.9. The van der Waals surface area contributed by atoms with Gasteiger partial charge in [0.1, 0.15) is 19.2 Å². The Bertz CT molecular complexity index is 630. The van der Waals surface area contributed by atoms with Crippen molar-refractivity contribution in [2.45, 2.75) is 32.5 Å². The van der Waals surface area contributed by atoms with Gasteiger partial charge in [-0.2, -0.15) is 0 Å². The summed E-state index contributed by atoms with van der Waals surface area (Å²) in [7, 11) is 1.65. The van der Waals surface area contributed by atoms with Gasteiger partial charge in [-0.15, -0.1) is 0 Å². The summed E-state index contributed by atoms with van der Waals surface area (Å²) in [6, 6.07) is 14.2. The van der Waals surface area contributed by atoms with Crippen molar-refractivity contribution in [1.29, 1.82) is 0 Å². The summed E-state index contributed by atoms with van der Waals surface area (Å²) in [6.45, 7) is 3.53. The van der Waals surface area contributed by atoms with Gasteiger partial charge in [0.2, 0.25) is 0 Å². The van der Waals surface area contributed by atoms with E-state index in [1.807, 2.05) is 42.5 Å². The summed E-state index contributed by atoms with van der Waals surface area (Å²) in [5.41, 5.74) is 2.23. The van der Waals surface area contributed by atoms with Crippen LogP contribution >= 0.6 is 15.9 Å². The van der Waals surface area contributed by atoms with Crippen molar-refractivity contribution in [3.05, 3.63) is 58.1 Å². The molecule has 1 atom stereocenters. The SMILES string of the molecule is CC[C@@H](CO)[NH2+]Cc1cc(OC)c(OCc2ccccc2)cc1Br. The summed E-state index contributed by atoms with van der Waals surface area (Å²) in [5.74, 6) is 1.43. The Morgan fingerprint density at radius 2 is 1.92 bits per heavy atom. The van der Waals surface area contributed by atoms with Crippen LogP contribution in [0.5, 0.6) is 11.5 Å². The smallest absolute Gasteiger partial charge is 0.162 e. The van der Waals surface area contributed by atoms with Gasteiger partial charge in [0, 0.05) is 10.0 Å². The van der Waals surface area contributed by atoms with E-state index in [1.54, 1.807) is 7.11 Å². The molecule has 0 bridgehead atoms. The predicted octanol–water partition coefficient (Wildman–Crippen LogP) is 2.87. The molecule has 5 heteroatoms. The number of quaternary nitrogens is 1.